The zero-order chi connectivity index (χ0) is 43.8. The molecule has 0 saturated carbocycles. The highest BCUT2D eigenvalue weighted by molar-refractivity contribution is 7.15. The molecule has 4 aromatic carbocycles. The number of benzene rings is 4. The van der Waals surface area contributed by atoms with Gasteiger partial charge in [-0.2, -0.15) is 0 Å². The summed E-state index contributed by atoms with van der Waals surface area (Å²) >= 11 is 1.50. The molecule has 0 spiro atoms. The van der Waals surface area contributed by atoms with Gasteiger partial charge >= 0.3 is 5.97 Å². The van der Waals surface area contributed by atoms with Crippen molar-refractivity contribution in [2.24, 2.45) is 5.92 Å². The van der Waals surface area contributed by atoms with E-state index in [9.17, 15) is 29.7 Å². The molecule has 7 aromatic rings. The Morgan fingerprint density at radius 3 is 2.40 bits per heavy atom. The topological polar surface area (TPSA) is 177 Å². The van der Waals surface area contributed by atoms with Crippen LogP contribution in [0.2, 0.25) is 0 Å². The largest absolute Gasteiger partial charge is 0.506 e. The average Bonchev–Trinajstić information content (AvgIpc) is 3.80. The van der Waals surface area contributed by atoms with Crippen molar-refractivity contribution in [3.05, 3.63) is 188 Å². The smallest absolute Gasteiger partial charge is 0.347 e. The molecule has 1 fully saturated rings. The molecule has 0 radical (unpaired) electrons. The zero-order valence-electron chi connectivity index (χ0n) is 34.6. The number of amides is 1. The molecule has 2 atom stereocenters. The van der Waals surface area contributed by atoms with Crippen LogP contribution in [0.4, 0.5) is 0 Å². The number of phenols is 1. The predicted octanol–water partition coefficient (Wildman–Crippen LogP) is 6.80. The molecule has 2 unspecified atom stereocenters. The highest BCUT2D eigenvalue weighted by atomic mass is 32.1. The normalized spacial score (nSPS) is 14.8. The number of carbonyl (C=O) groups is 2. The molecule has 4 heterocycles. The Hall–Kier alpha value is -6.48. The maximum Gasteiger partial charge on any atom is 0.347 e. The molecular formula is C50H49N5O7S. The second-order valence-corrected chi connectivity index (χ2v) is 17.0. The van der Waals surface area contributed by atoms with Gasteiger partial charge in [-0.3, -0.25) is 19.5 Å². The Labute approximate surface area is 368 Å². The van der Waals surface area contributed by atoms with Crippen LogP contribution < -0.4 is 16.2 Å². The van der Waals surface area contributed by atoms with Crippen LogP contribution in [0.15, 0.2) is 144 Å². The van der Waals surface area contributed by atoms with E-state index < -0.39 is 17.7 Å². The average molecular weight is 864 g/mol. The highest BCUT2D eigenvalue weighted by Crippen LogP contribution is 2.36. The minimum Gasteiger partial charge on any atom is -0.506 e. The molecule has 8 rings (SSSR count). The van der Waals surface area contributed by atoms with E-state index in [1.165, 1.54) is 35.2 Å². The van der Waals surface area contributed by atoms with Crippen LogP contribution in [-0.2, 0) is 34.8 Å². The van der Waals surface area contributed by atoms with Gasteiger partial charge in [0, 0.05) is 52.6 Å². The van der Waals surface area contributed by atoms with E-state index in [1.807, 2.05) is 42.5 Å². The summed E-state index contributed by atoms with van der Waals surface area (Å²) in [4.78, 5) is 50.1. The Bertz CT molecular complexity index is 2720. The number of thiophene rings is 1. The minimum absolute atomic E-state index is 0.0753. The third-order valence-corrected chi connectivity index (χ3v) is 12.7. The molecule has 12 nitrogen and oxygen atoms in total. The number of aliphatic hydroxyl groups excluding tert-OH is 1. The van der Waals surface area contributed by atoms with Gasteiger partial charge in [0.2, 0.25) is 11.2 Å². The maximum atomic E-state index is 14.0. The summed E-state index contributed by atoms with van der Waals surface area (Å²) in [6, 6.07) is 40.0. The van der Waals surface area contributed by atoms with Crippen LogP contribution in [0.25, 0.3) is 21.3 Å². The number of pyridine rings is 2. The van der Waals surface area contributed by atoms with Crippen LogP contribution in [0.5, 0.6) is 5.75 Å². The van der Waals surface area contributed by atoms with E-state index >= 15 is 0 Å². The van der Waals surface area contributed by atoms with Crippen molar-refractivity contribution in [2.45, 2.75) is 44.2 Å². The lowest BCUT2D eigenvalue weighted by Gasteiger charge is -2.33. The number of fused-ring (bicyclic) bond motifs is 1. The fourth-order valence-electron chi connectivity index (χ4n) is 7.99. The molecule has 3 aromatic heterocycles. The number of piperidine rings is 1. The lowest BCUT2D eigenvalue weighted by atomic mass is 9.85. The lowest BCUT2D eigenvalue weighted by molar-refractivity contribution is -0.164. The first-order chi connectivity index (χ1) is 30.6. The quantitative estimate of drug-likeness (QED) is 0.0567. The Morgan fingerprint density at radius 1 is 0.873 bits per heavy atom. The first kappa shape index (κ1) is 43.2. The fraction of sp³-hybridized carbons (Fsp3) is 0.240. The van der Waals surface area contributed by atoms with Crippen molar-refractivity contribution >= 4 is 34.1 Å². The van der Waals surface area contributed by atoms with E-state index in [0.29, 0.717) is 39.9 Å². The van der Waals surface area contributed by atoms with Gasteiger partial charge in [-0.25, -0.2) is 4.79 Å². The molecule has 0 aliphatic carbocycles. The van der Waals surface area contributed by atoms with Crippen molar-refractivity contribution in [1.29, 1.82) is 0 Å². The molecule has 13 heteroatoms. The summed E-state index contributed by atoms with van der Waals surface area (Å²) in [5, 5.41) is 40.0. The van der Waals surface area contributed by atoms with E-state index in [-0.39, 0.29) is 48.3 Å². The molecule has 1 amide bonds. The summed E-state index contributed by atoms with van der Waals surface area (Å²) in [5.41, 5.74) is 2.46. The molecule has 1 saturated heterocycles. The van der Waals surface area contributed by atoms with E-state index in [2.05, 4.69) is 49.8 Å². The van der Waals surface area contributed by atoms with E-state index in [1.54, 1.807) is 54.6 Å². The molecule has 63 heavy (non-hydrogen) atoms. The van der Waals surface area contributed by atoms with Gasteiger partial charge in [0.25, 0.3) is 5.91 Å². The van der Waals surface area contributed by atoms with Crippen molar-refractivity contribution < 1.29 is 29.6 Å². The number of carbonyl (C=O) groups excluding carboxylic acids is 2. The number of likely N-dealkylation sites (tertiary alicyclic amines) is 1. The standard InChI is InChI=1S/C50H49N5O7S/c56-43-19-17-41(42-18-21-46(58)54-47(42)43)44(57)30-51-28-39-15-14-36(27-52-39)48(59)53-29-40-16-20-45(63-40)35-10-7-13-38(26-35)50(61,37-11-5-2-6-12-37)49(60)62-32-34-22-24-55(25-23-34)31-33-8-3-1-4-9-33/h1-21,26-27,34,44,51,56-57,61H,22-25,28-32H2,(H,53,59)(H,54,58). The van der Waals surface area contributed by atoms with Crippen LogP contribution >= 0.6 is 11.3 Å². The van der Waals surface area contributed by atoms with E-state index in [4.69, 9.17) is 4.74 Å². The number of aromatic nitrogens is 2. The van der Waals surface area contributed by atoms with Crippen molar-refractivity contribution in [3.63, 3.8) is 0 Å². The number of aromatic amines is 1. The van der Waals surface area contributed by atoms with Crippen molar-refractivity contribution in [3.8, 4) is 16.2 Å². The summed E-state index contributed by atoms with van der Waals surface area (Å²) in [5.74, 6) is -0.854. The molecule has 0 bridgehead atoms. The number of rotatable bonds is 16. The number of ether oxygens (including phenoxy) is 1. The monoisotopic (exact) mass is 863 g/mol. The Morgan fingerprint density at radius 2 is 1.63 bits per heavy atom. The number of aromatic hydroxyl groups is 1. The summed E-state index contributed by atoms with van der Waals surface area (Å²) < 4.78 is 5.94. The number of aliphatic hydroxyl groups is 2. The molecule has 322 valence electrons. The van der Waals surface area contributed by atoms with Crippen LogP contribution in [0.3, 0.4) is 0 Å². The number of esters is 1. The van der Waals surface area contributed by atoms with Gasteiger partial charge in [0.05, 0.1) is 36.0 Å². The van der Waals surface area contributed by atoms with Crippen molar-refractivity contribution in [2.75, 3.05) is 26.2 Å². The Balaban J connectivity index is 0.848. The van der Waals surface area contributed by atoms with Crippen molar-refractivity contribution in [1.82, 2.24) is 25.5 Å². The van der Waals surface area contributed by atoms with Gasteiger partial charge in [-0.1, -0.05) is 84.9 Å². The van der Waals surface area contributed by atoms with Crippen LogP contribution in [0, 0.1) is 5.92 Å². The van der Waals surface area contributed by atoms with E-state index in [0.717, 1.165) is 47.8 Å². The number of hydrogen-bond donors (Lipinski definition) is 6. The molecule has 1 aliphatic heterocycles. The molecule has 6 N–H and O–H groups in total. The molecule has 1 aliphatic rings. The summed E-state index contributed by atoms with van der Waals surface area (Å²) in [7, 11) is 0. The highest BCUT2D eigenvalue weighted by Gasteiger charge is 2.42. The van der Waals surface area contributed by atoms with Gasteiger partial charge in [0.15, 0.2) is 0 Å². The van der Waals surface area contributed by atoms with Gasteiger partial charge in [-0.05, 0) is 96.6 Å². The van der Waals surface area contributed by atoms with Gasteiger partial charge in [-0.15, -0.1) is 11.3 Å². The molecular weight excluding hydrogens is 815 g/mol. The summed E-state index contributed by atoms with van der Waals surface area (Å²) in [6.07, 6.45) is 2.40. The van der Waals surface area contributed by atoms with Crippen LogP contribution in [0.1, 0.15) is 62.1 Å². The number of H-pyrrole nitrogens is 1. The third kappa shape index (κ3) is 10.3. The number of phenolic OH excluding ortho intramolecular Hbond substituents is 1. The van der Waals surface area contributed by atoms with Crippen LogP contribution in [-0.4, -0.2) is 68.3 Å². The minimum atomic E-state index is -2.02. The lowest BCUT2D eigenvalue weighted by Crippen LogP contribution is -2.40. The first-order valence-corrected chi connectivity index (χ1v) is 21.8. The maximum absolute atomic E-state index is 14.0. The summed E-state index contributed by atoms with van der Waals surface area (Å²) in [6.45, 7) is 3.78. The predicted molar refractivity (Wildman–Crippen MR) is 243 cm³/mol. The second-order valence-electron chi connectivity index (χ2n) is 15.9. The van der Waals surface area contributed by atoms with Gasteiger partial charge < -0.3 is 35.7 Å². The zero-order valence-corrected chi connectivity index (χ0v) is 35.4. The fourth-order valence-corrected chi connectivity index (χ4v) is 8.93. The Kier molecular flexibility index (Phi) is 13.5. The SMILES string of the molecule is O=C(NCc1ccc(-c2cccc(C(O)(C(=O)OCC3CCN(Cc4ccccc4)CC3)c3ccccc3)c2)s1)c1ccc(CNCC(O)c2ccc(O)c3[nH]c(=O)ccc23)nc1. The first-order valence-electron chi connectivity index (χ1n) is 21.0. The second kappa shape index (κ2) is 19.7. The third-order valence-electron chi connectivity index (χ3n) is 11.5. The van der Waals surface area contributed by atoms with Gasteiger partial charge in [0.1, 0.15) is 5.75 Å². The number of nitrogens with zero attached hydrogens (tertiary/aromatic N) is 2. The number of nitrogens with one attached hydrogen (secondary N) is 3. The number of hydrogen-bond acceptors (Lipinski definition) is 11.